The van der Waals surface area contributed by atoms with Crippen LogP contribution in [0.5, 0.6) is 0 Å². The second-order valence-corrected chi connectivity index (χ2v) is 7.24. The van der Waals surface area contributed by atoms with Crippen molar-refractivity contribution in [2.24, 2.45) is 0 Å². The first kappa shape index (κ1) is 18.8. The first-order valence-corrected chi connectivity index (χ1v) is 9.97. The minimum absolute atomic E-state index is 0.407. The van der Waals surface area contributed by atoms with Crippen LogP contribution in [0.3, 0.4) is 0 Å². The molecule has 0 unspecified atom stereocenters. The summed E-state index contributed by atoms with van der Waals surface area (Å²) in [4.78, 5) is 15.4. The second kappa shape index (κ2) is 7.54. The molecule has 152 valence electrons. The number of imidazole rings is 1. The summed E-state index contributed by atoms with van der Waals surface area (Å²) in [6.07, 6.45) is 4.14. The molecule has 0 amide bonds. The number of fused-ring (bicyclic) bond motifs is 3. The van der Waals surface area contributed by atoms with E-state index in [1.54, 1.807) is 12.4 Å². The van der Waals surface area contributed by atoms with E-state index >= 15 is 0 Å². The van der Waals surface area contributed by atoms with Crippen molar-refractivity contribution in [3.63, 3.8) is 0 Å². The van der Waals surface area contributed by atoms with Gasteiger partial charge in [-0.3, -0.25) is 9.38 Å². The number of nitrogens with zero attached hydrogens (tertiary/aromatic N) is 7. The maximum atomic E-state index is 9.79. The normalized spacial score (nSPS) is 11.1. The first-order valence-electron chi connectivity index (χ1n) is 9.97. The highest BCUT2D eigenvalue weighted by molar-refractivity contribution is 5.85. The van der Waals surface area contributed by atoms with Gasteiger partial charge in [-0.05, 0) is 42.3 Å². The Labute approximate surface area is 178 Å². The Bertz CT molecular complexity index is 1430. The number of aryl methyl sites for hydroxylation is 1. The topological polar surface area (TPSA) is 96.1 Å². The fraction of sp³-hybridized carbons (Fsp3) is 0.174. The monoisotopic (exact) mass is 409 g/mol. The molecule has 0 aliphatic carbocycles. The summed E-state index contributed by atoms with van der Waals surface area (Å²) < 4.78 is 7.51. The molecule has 4 heterocycles. The number of pyridine rings is 2. The zero-order valence-corrected chi connectivity index (χ0v) is 17.1. The Hall–Kier alpha value is -4.25. The van der Waals surface area contributed by atoms with Gasteiger partial charge in [-0.2, -0.15) is 10.2 Å². The molecule has 5 rings (SSSR count). The van der Waals surface area contributed by atoms with E-state index in [2.05, 4.69) is 21.2 Å². The Balaban J connectivity index is 1.60. The van der Waals surface area contributed by atoms with Gasteiger partial charge >= 0.3 is 0 Å². The number of aromatic nitrogens is 5. The van der Waals surface area contributed by atoms with Gasteiger partial charge in [0.2, 0.25) is 11.7 Å². The van der Waals surface area contributed by atoms with E-state index in [0.29, 0.717) is 29.5 Å². The Morgan fingerprint density at radius 2 is 2.03 bits per heavy atom. The highest BCUT2D eigenvalue weighted by atomic mass is 16.5. The van der Waals surface area contributed by atoms with Gasteiger partial charge in [0.25, 0.3) is 0 Å². The van der Waals surface area contributed by atoms with Crippen LogP contribution in [0, 0.1) is 11.3 Å². The smallest absolute Gasteiger partial charge is 0.246 e. The number of hydrogen-bond donors (Lipinski definition) is 0. The van der Waals surface area contributed by atoms with Gasteiger partial charge in [0, 0.05) is 25.0 Å². The molecular formula is C23H19N7O. The van der Waals surface area contributed by atoms with Crippen LogP contribution in [0.4, 0.5) is 5.82 Å². The third-order valence-corrected chi connectivity index (χ3v) is 5.28. The third kappa shape index (κ3) is 3.16. The second-order valence-electron chi connectivity index (χ2n) is 7.24. The van der Waals surface area contributed by atoms with Crippen LogP contribution in [-0.4, -0.2) is 31.6 Å². The number of benzene rings is 1. The lowest BCUT2D eigenvalue weighted by Gasteiger charge is -2.21. The van der Waals surface area contributed by atoms with Crippen LogP contribution in [0.15, 0.2) is 59.4 Å². The summed E-state index contributed by atoms with van der Waals surface area (Å²) >= 11 is 0. The van der Waals surface area contributed by atoms with Crippen LogP contribution >= 0.6 is 0 Å². The SMILES string of the molecule is CCc1cc(N(C)Cc2nc(-c3cccnc3)no2)n2c(nc3ccccc32)c1C#N. The van der Waals surface area contributed by atoms with E-state index in [4.69, 9.17) is 9.51 Å². The van der Waals surface area contributed by atoms with Gasteiger partial charge in [0.15, 0.2) is 5.65 Å². The minimum Gasteiger partial charge on any atom is -0.351 e. The van der Waals surface area contributed by atoms with Crippen molar-refractivity contribution < 1.29 is 4.52 Å². The molecule has 0 aliphatic heterocycles. The number of rotatable bonds is 5. The van der Waals surface area contributed by atoms with Crippen molar-refractivity contribution in [2.45, 2.75) is 19.9 Å². The van der Waals surface area contributed by atoms with E-state index in [-0.39, 0.29) is 0 Å². The predicted molar refractivity (Wildman–Crippen MR) is 116 cm³/mol. The first-order chi connectivity index (χ1) is 15.2. The van der Waals surface area contributed by atoms with Gasteiger partial charge in [-0.15, -0.1) is 0 Å². The van der Waals surface area contributed by atoms with Gasteiger partial charge in [0.1, 0.15) is 11.9 Å². The molecular weight excluding hydrogens is 390 g/mol. The standard InChI is InChI=1S/C23H19N7O/c1-3-15-11-21(30-19-9-5-4-8-18(19)26-23(30)17(15)12-24)29(2)14-20-27-22(28-31-20)16-7-6-10-25-13-16/h4-11,13H,3,14H2,1-2H3. The highest BCUT2D eigenvalue weighted by Crippen LogP contribution is 2.29. The molecule has 0 saturated carbocycles. The zero-order valence-electron chi connectivity index (χ0n) is 17.1. The van der Waals surface area contributed by atoms with Crippen LogP contribution in [0.2, 0.25) is 0 Å². The average Bonchev–Trinajstić information content (AvgIpc) is 3.43. The molecule has 0 fully saturated rings. The molecule has 31 heavy (non-hydrogen) atoms. The van der Waals surface area contributed by atoms with Crippen molar-refractivity contribution in [1.29, 1.82) is 5.26 Å². The summed E-state index contributed by atoms with van der Waals surface area (Å²) in [5.74, 6) is 1.89. The molecule has 0 spiro atoms. The largest absolute Gasteiger partial charge is 0.351 e. The van der Waals surface area contributed by atoms with E-state index in [9.17, 15) is 5.26 Å². The van der Waals surface area contributed by atoms with E-state index < -0.39 is 0 Å². The van der Waals surface area contributed by atoms with Gasteiger partial charge in [-0.25, -0.2) is 4.98 Å². The molecule has 0 radical (unpaired) electrons. The molecule has 1 aromatic carbocycles. The molecule has 0 N–H and O–H groups in total. The van der Waals surface area contributed by atoms with Crippen LogP contribution < -0.4 is 4.90 Å². The third-order valence-electron chi connectivity index (χ3n) is 5.28. The van der Waals surface area contributed by atoms with Crippen LogP contribution in [0.1, 0.15) is 23.9 Å². The fourth-order valence-corrected chi connectivity index (χ4v) is 3.76. The van der Waals surface area contributed by atoms with E-state index in [1.165, 1.54) is 0 Å². The van der Waals surface area contributed by atoms with Crippen molar-refractivity contribution in [3.8, 4) is 17.5 Å². The number of anilines is 1. The molecule has 0 saturated heterocycles. The average molecular weight is 409 g/mol. The van der Waals surface area contributed by atoms with Crippen molar-refractivity contribution >= 4 is 22.5 Å². The highest BCUT2D eigenvalue weighted by Gasteiger charge is 2.19. The quantitative estimate of drug-likeness (QED) is 0.433. The molecule has 5 aromatic rings. The van der Waals surface area contributed by atoms with Crippen molar-refractivity contribution in [3.05, 3.63) is 71.9 Å². The summed E-state index contributed by atoms with van der Waals surface area (Å²) in [6.45, 7) is 2.45. The predicted octanol–water partition coefficient (Wildman–Crippen LogP) is 4.00. The van der Waals surface area contributed by atoms with Gasteiger partial charge in [0.05, 0.1) is 23.1 Å². The van der Waals surface area contributed by atoms with Crippen LogP contribution in [0.25, 0.3) is 28.1 Å². The maximum Gasteiger partial charge on any atom is 0.246 e. The van der Waals surface area contributed by atoms with Gasteiger partial charge < -0.3 is 9.42 Å². The lowest BCUT2D eigenvalue weighted by molar-refractivity contribution is 0.378. The summed E-state index contributed by atoms with van der Waals surface area (Å²) in [5, 5.41) is 13.9. The summed E-state index contributed by atoms with van der Waals surface area (Å²) in [5.41, 5.74) is 4.81. The van der Waals surface area contributed by atoms with E-state index in [0.717, 1.165) is 34.4 Å². The molecule has 0 aliphatic rings. The molecule has 8 heteroatoms. The van der Waals surface area contributed by atoms with Gasteiger partial charge in [-0.1, -0.05) is 24.2 Å². The summed E-state index contributed by atoms with van der Waals surface area (Å²) in [6, 6.07) is 16.0. The summed E-state index contributed by atoms with van der Waals surface area (Å²) in [7, 11) is 1.96. The number of nitriles is 1. The fourth-order valence-electron chi connectivity index (χ4n) is 3.76. The Morgan fingerprint density at radius 3 is 2.81 bits per heavy atom. The van der Waals surface area contributed by atoms with Crippen LogP contribution in [-0.2, 0) is 13.0 Å². The Kier molecular flexibility index (Phi) is 4.56. The molecule has 8 nitrogen and oxygen atoms in total. The Morgan fingerprint density at radius 1 is 1.16 bits per heavy atom. The minimum atomic E-state index is 0.407. The lowest BCUT2D eigenvalue weighted by Crippen LogP contribution is -2.20. The molecule has 4 aromatic heterocycles. The maximum absolute atomic E-state index is 9.79. The van der Waals surface area contributed by atoms with Crippen molar-refractivity contribution in [2.75, 3.05) is 11.9 Å². The lowest BCUT2D eigenvalue weighted by atomic mass is 10.1. The zero-order chi connectivity index (χ0) is 21.4. The van der Waals surface area contributed by atoms with Crippen molar-refractivity contribution in [1.82, 2.24) is 24.5 Å². The molecule has 0 atom stereocenters. The number of hydrogen-bond acceptors (Lipinski definition) is 7. The van der Waals surface area contributed by atoms with E-state index in [1.807, 2.05) is 65.7 Å². The number of para-hydroxylation sites is 2. The molecule has 0 bridgehead atoms.